The maximum absolute atomic E-state index is 12.3. The Morgan fingerprint density at radius 3 is 2.52 bits per heavy atom. The molecule has 0 aliphatic heterocycles. The lowest BCUT2D eigenvalue weighted by Gasteiger charge is -2.15. The molecule has 1 aromatic rings. The van der Waals surface area contributed by atoms with Crippen molar-refractivity contribution in [2.45, 2.75) is 26.9 Å². The van der Waals surface area contributed by atoms with Crippen LogP contribution in [0.25, 0.3) is 0 Å². The number of aryl methyl sites for hydroxylation is 1. The van der Waals surface area contributed by atoms with Gasteiger partial charge in [0.15, 0.2) is 6.61 Å². The van der Waals surface area contributed by atoms with E-state index in [-0.39, 0.29) is 23.9 Å². The highest BCUT2D eigenvalue weighted by Gasteiger charge is 2.28. The van der Waals surface area contributed by atoms with E-state index in [1.165, 1.54) is 12.1 Å². The molecule has 0 atom stereocenters. The van der Waals surface area contributed by atoms with Crippen LogP contribution in [0.5, 0.6) is 5.75 Å². The molecule has 1 aromatic carbocycles. The predicted octanol–water partition coefficient (Wildman–Crippen LogP) is 2.83. The third-order valence-electron chi connectivity index (χ3n) is 2.89. The van der Waals surface area contributed by atoms with Gasteiger partial charge in [0.1, 0.15) is 5.75 Å². The number of hydrogen-bond acceptors (Lipinski definition) is 4. The van der Waals surface area contributed by atoms with Gasteiger partial charge in [0.2, 0.25) is 5.91 Å². The summed E-state index contributed by atoms with van der Waals surface area (Å²) in [5, 5.41) is 7.30. The van der Waals surface area contributed by atoms with Crippen molar-refractivity contribution in [2.75, 3.05) is 25.0 Å². The number of benzene rings is 1. The topological polar surface area (TPSA) is 79.5 Å². The van der Waals surface area contributed by atoms with E-state index in [0.29, 0.717) is 12.1 Å². The Balaban J connectivity index is 2.58. The summed E-state index contributed by atoms with van der Waals surface area (Å²) in [6, 6.07) is 3.97. The highest BCUT2D eigenvalue weighted by atomic mass is 19.4. The van der Waals surface area contributed by atoms with E-state index in [0.717, 1.165) is 0 Å². The molecular formula is C16H22F3N3O3. The molecule has 0 saturated carbocycles. The molecule has 0 radical (unpaired) electrons. The minimum absolute atomic E-state index is 0.0191. The number of nitrogens with one attached hydrogen (secondary N) is 3. The van der Waals surface area contributed by atoms with Crippen molar-refractivity contribution in [1.29, 1.82) is 0 Å². The minimum Gasteiger partial charge on any atom is -0.482 e. The third kappa shape index (κ3) is 8.83. The van der Waals surface area contributed by atoms with Crippen LogP contribution in [0.4, 0.5) is 23.7 Å². The summed E-state index contributed by atoms with van der Waals surface area (Å²) < 4.78 is 41.7. The number of ether oxygens (including phenoxy) is 1. The predicted molar refractivity (Wildman–Crippen MR) is 87.6 cm³/mol. The SMILES string of the molecule is Cc1ccc(NCC(=O)NC(=O)NCC(C)C)c(OCC(F)(F)F)c1. The zero-order valence-electron chi connectivity index (χ0n) is 14.3. The first-order chi connectivity index (χ1) is 11.6. The number of imide groups is 1. The summed E-state index contributed by atoms with van der Waals surface area (Å²) in [5.41, 5.74) is 0.938. The molecule has 25 heavy (non-hydrogen) atoms. The molecule has 1 rings (SSSR count). The number of anilines is 1. The van der Waals surface area contributed by atoms with Crippen LogP contribution in [0.2, 0.25) is 0 Å². The Kier molecular flexibility index (Phi) is 7.53. The van der Waals surface area contributed by atoms with Crippen molar-refractivity contribution in [1.82, 2.24) is 10.6 Å². The molecule has 0 spiro atoms. The first-order valence-electron chi connectivity index (χ1n) is 7.68. The average molecular weight is 361 g/mol. The van der Waals surface area contributed by atoms with Gasteiger partial charge in [-0.2, -0.15) is 13.2 Å². The maximum atomic E-state index is 12.3. The Hall–Kier alpha value is -2.45. The highest BCUT2D eigenvalue weighted by Crippen LogP contribution is 2.27. The molecule has 0 aromatic heterocycles. The second kappa shape index (κ2) is 9.14. The van der Waals surface area contributed by atoms with Crippen molar-refractivity contribution in [3.63, 3.8) is 0 Å². The van der Waals surface area contributed by atoms with E-state index in [2.05, 4.69) is 16.0 Å². The van der Waals surface area contributed by atoms with Crippen molar-refractivity contribution >= 4 is 17.6 Å². The molecule has 9 heteroatoms. The maximum Gasteiger partial charge on any atom is 0.422 e. The molecule has 140 valence electrons. The van der Waals surface area contributed by atoms with E-state index in [9.17, 15) is 22.8 Å². The molecule has 0 heterocycles. The van der Waals surface area contributed by atoms with Gasteiger partial charge in [-0.1, -0.05) is 19.9 Å². The van der Waals surface area contributed by atoms with Gasteiger partial charge in [0.05, 0.1) is 12.2 Å². The van der Waals surface area contributed by atoms with E-state index in [1.54, 1.807) is 13.0 Å². The summed E-state index contributed by atoms with van der Waals surface area (Å²) in [7, 11) is 0. The van der Waals surface area contributed by atoms with Crippen LogP contribution in [0.3, 0.4) is 0 Å². The summed E-state index contributed by atoms with van der Waals surface area (Å²) in [5.74, 6) is -0.405. The largest absolute Gasteiger partial charge is 0.482 e. The van der Waals surface area contributed by atoms with Crippen molar-refractivity contribution in [3.05, 3.63) is 23.8 Å². The average Bonchev–Trinajstić information content (AvgIpc) is 2.49. The van der Waals surface area contributed by atoms with Crippen molar-refractivity contribution in [2.24, 2.45) is 5.92 Å². The van der Waals surface area contributed by atoms with Gasteiger partial charge in [-0.05, 0) is 30.5 Å². The zero-order chi connectivity index (χ0) is 19.0. The van der Waals surface area contributed by atoms with Gasteiger partial charge in [-0.25, -0.2) is 4.79 Å². The van der Waals surface area contributed by atoms with Crippen molar-refractivity contribution in [3.8, 4) is 5.75 Å². The van der Waals surface area contributed by atoms with Crippen LogP contribution in [-0.2, 0) is 4.79 Å². The molecular weight excluding hydrogens is 339 g/mol. The van der Waals surface area contributed by atoms with E-state index >= 15 is 0 Å². The number of urea groups is 1. The number of rotatable bonds is 7. The monoisotopic (exact) mass is 361 g/mol. The quantitative estimate of drug-likeness (QED) is 0.698. The number of alkyl halides is 3. The van der Waals surface area contributed by atoms with Crippen LogP contribution in [-0.4, -0.2) is 37.8 Å². The lowest BCUT2D eigenvalue weighted by molar-refractivity contribution is -0.153. The standard InChI is InChI=1S/C16H22F3N3O3/c1-10(2)7-21-15(24)22-14(23)8-20-12-5-4-11(3)6-13(12)25-9-16(17,18)19/h4-6,10,20H,7-9H2,1-3H3,(H2,21,22,23,24). The molecule has 0 aliphatic rings. The summed E-state index contributed by atoms with van der Waals surface area (Å²) in [6.07, 6.45) is -4.47. The fourth-order valence-corrected chi connectivity index (χ4v) is 1.74. The molecule has 3 amide bonds. The molecule has 0 bridgehead atoms. The molecule has 0 aliphatic carbocycles. The van der Waals surface area contributed by atoms with Crippen LogP contribution in [0.15, 0.2) is 18.2 Å². The fourth-order valence-electron chi connectivity index (χ4n) is 1.74. The van der Waals surface area contributed by atoms with E-state index < -0.39 is 24.7 Å². The Labute approximate surface area is 144 Å². The zero-order valence-corrected chi connectivity index (χ0v) is 14.3. The van der Waals surface area contributed by atoms with Gasteiger partial charge in [0, 0.05) is 6.54 Å². The highest BCUT2D eigenvalue weighted by molar-refractivity contribution is 5.96. The second-order valence-electron chi connectivity index (χ2n) is 5.91. The molecule has 0 unspecified atom stereocenters. The smallest absolute Gasteiger partial charge is 0.422 e. The van der Waals surface area contributed by atoms with Crippen LogP contribution in [0, 0.1) is 12.8 Å². The fraction of sp³-hybridized carbons (Fsp3) is 0.500. The normalized spacial score (nSPS) is 11.2. The Bertz CT molecular complexity index is 604. The van der Waals surface area contributed by atoms with E-state index in [4.69, 9.17) is 4.74 Å². The number of halogens is 3. The van der Waals surface area contributed by atoms with Gasteiger partial charge in [-0.3, -0.25) is 10.1 Å². The number of carbonyl (C=O) groups excluding carboxylic acids is 2. The summed E-state index contributed by atoms with van der Waals surface area (Å²) in [4.78, 5) is 23.2. The Morgan fingerprint density at radius 1 is 1.24 bits per heavy atom. The Morgan fingerprint density at radius 2 is 1.92 bits per heavy atom. The first-order valence-corrected chi connectivity index (χ1v) is 7.68. The third-order valence-corrected chi connectivity index (χ3v) is 2.89. The lowest BCUT2D eigenvalue weighted by atomic mass is 10.2. The van der Waals surface area contributed by atoms with Gasteiger partial charge >= 0.3 is 12.2 Å². The van der Waals surface area contributed by atoms with Crippen LogP contribution < -0.4 is 20.7 Å². The van der Waals surface area contributed by atoms with E-state index in [1.807, 2.05) is 13.8 Å². The molecule has 6 nitrogen and oxygen atoms in total. The lowest BCUT2D eigenvalue weighted by Crippen LogP contribution is -2.43. The van der Waals surface area contributed by atoms with Gasteiger partial charge < -0.3 is 15.4 Å². The number of carbonyl (C=O) groups is 2. The second-order valence-corrected chi connectivity index (χ2v) is 5.91. The molecule has 0 saturated heterocycles. The summed E-state index contributed by atoms with van der Waals surface area (Å²) >= 11 is 0. The minimum atomic E-state index is -4.47. The van der Waals surface area contributed by atoms with Crippen molar-refractivity contribution < 1.29 is 27.5 Å². The van der Waals surface area contributed by atoms with Crippen LogP contribution in [0.1, 0.15) is 19.4 Å². The molecule has 3 N–H and O–H groups in total. The van der Waals surface area contributed by atoms with Gasteiger partial charge in [-0.15, -0.1) is 0 Å². The summed E-state index contributed by atoms with van der Waals surface area (Å²) in [6.45, 7) is 4.21. The first kappa shape index (κ1) is 20.6. The molecule has 0 fully saturated rings. The number of amides is 3. The van der Waals surface area contributed by atoms with Gasteiger partial charge in [0.25, 0.3) is 0 Å². The number of hydrogen-bond donors (Lipinski definition) is 3. The van der Waals surface area contributed by atoms with Crippen LogP contribution >= 0.6 is 0 Å².